The topological polar surface area (TPSA) is 46.6 Å². The minimum Gasteiger partial charge on any atom is -0.381 e. The number of hydrogen-bond acceptors (Lipinski definition) is 3. The largest absolute Gasteiger partial charge is 0.381 e. The molecule has 18 heavy (non-hydrogen) atoms. The number of nitrogens with zero attached hydrogens (tertiary/aromatic N) is 1. The van der Waals surface area contributed by atoms with Gasteiger partial charge in [-0.25, -0.2) is 8.42 Å². The molecule has 0 spiro atoms. The maximum atomic E-state index is 11.7. The van der Waals surface area contributed by atoms with Crippen LogP contribution in [0.5, 0.6) is 0 Å². The second kappa shape index (κ2) is 7.46. The van der Waals surface area contributed by atoms with Gasteiger partial charge < -0.3 is 4.74 Å². The lowest BCUT2D eigenvalue weighted by molar-refractivity contribution is 0.0823. The van der Waals surface area contributed by atoms with Crippen molar-refractivity contribution in [1.82, 2.24) is 4.31 Å². The summed E-state index contributed by atoms with van der Waals surface area (Å²) in [6.45, 7) is 12.0. The van der Waals surface area contributed by atoms with Crippen molar-refractivity contribution in [3.63, 3.8) is 0 Å². The minimum absolute atomic E-state index is 0.349. The molecule has 0 aliphatic rings. The summed E-state index contributed by atoms with van der Waals surface area (Å²) in [5.41, 5.74) is -0.364. The summed E-state index contributed by atoms with van der Waals surface area (Å²) in [4.78, 5) is 0. The Labute approximate surface area is 113 Å². The van der Waals surface area contributed by atoms with E-state index < -0.39 is 10.0 Å². The van der Waals surface area contributed by atoms with E-state index >= 15 is 0 Å². The minimum atomic E-state index is -3.15. The van der Waals surface area contributed by atoms with Crippen molar-refractivity contribution in [1.29, 1.82) is 0 Å². The van der Waals surface area contributed by atoms with Crippen LogP contribution in [0.4, 0.5) is 0 Å². The van der Waals surface area contributed by atoms with Gasteiger partial charge in [0.25, 0.3) is 0 Å². The van der Waals surface area contributed by atoms with Gasteiger partial charge in [-0.2, -0.15) is 4.31 Å². The molecule has 0 fully saturated rings. The molecule has 0 aliphatic heterocycles. The molecule has 110 valence electrons. The zero-order valence-electron chi connectivity index (χ0n) is 12.7. The highest BCUT2D eigenvalue weighted by Gasteiger charge is 2.33. The fourth-order valence-electron chi connectivity index (χ4n) is 2.55. The van der Waals surface area contributed by atoms with Gasteiger partial charge in [0, 0.05) is 25.3 Å². The zero-order valence-corrected chi connectivity index (χ0v) is 13.5. The molecule has 0 aromatic carbocycles. The molecular weight excluding hydrogens is 250 g/mol. The van der Waals surface area contributed by atoms with Crippen molar-refractivity contribution in [2.45, 2.75) is 53.0 Å². The third kappa shape index (κ3) is 6.16. The molecule has 1 unspecified atom stereocenters. The van der Waals surface area contributed by atoms with E-state index in [1.54, 1.807) is 4.31 Å². The number of hydrogen-bond donors (Lipinski definition) is 0. The maximum Gasteiger partial charge on any atom is 0.211 e. The van der Waals surface area contributed by atoms with Gasteiger partial charge in [0.15, 0.2) is 0 Å². The Bertz CT molecular complexity index is 325. The fraction of sp³-hybridized carbons (Fsp3) is 1.00. The van der Waals surface area contributed by atoms with Crippen LogP contribution >= 0.6 is 0 Å². The maximum absolute atomic E-state index is 11.7. The Morgan fingerprint density at radius 1 is 1.28 bits per heavy atom. The number of rotatable bonds is 9. The average Bonchev–Trinajstić information content (AvgIpc) is 2.14. The molecule has 0 saturated heterocycles. The van der Waals surface area contributed by atoms with Crippen LogP contribution in [-0.4, -0.2) is 44.3 Å². The first-order valence-corrected chi connectivity index (χ1v) is 8.55. The van der Waals surface area contributed by atoms with E-state index in [2.05, 4.69) is 13.8 Å². The molecule has 0 radical (unpaired) electrons. The predicted molar refractivity (Wildman–Crippen MR) is 76.2 cm³/mol. The van der Waals surface area contributed by atoms with E-state index in [4.69, 9.17) is 4.74 Å². The summed E-state index contributed by atoms with van der Waals surface area (Å²) < 4.78 is 30.6. The summed E-state index contributed by atoms with van der Waals surface area (Å²) in [7, 11) is -3.15. The Morgan fingerprint density at radius 2 is 1.83 bits per heavy atom. The first-order valence-electron chi connectivity index (χ1n) is 6.70. The van der Waals surface area contributed by atoms with E-state index in [0.29, 0.717) is 19.1 Å². The highest BCUT2D eigenvalue weighted by Crippen LogP contribution is 2.26. The molecule has 4 nitrogen and oxygen atoms in total. The van der Waals surface area contributed by atoms with Gasteiger partial charge in [0.1, 0.15) is 0 Å². The van der Waals surface area contributed by atoms with Crippen LogP contribution in [0.3, 0.4) is 0 Å². The van der Waals surface area contributed by atoms with E-state index in [1.165, 1.54) is 6.26 Å². The van der Waals surface area contributed by atoms with E-state index in [0.717, 1.165) is 19.4 Å². The van der Waals surface area contributed by atoms with Gasteiger partial charge in [-0.3, -0.25) is 0 Å². The molecule has 0 aromatic heterocycles. The van der Waals surface area contributed by atoms with E-state index in [1.807, 2.05) is 20.8 Å². The number of ether oxygens (including phenoxy) is 1. The summed E-state index contributed by atoms with van der Waals surface area (Å²) in [5.74, 6) is 0.349. The second-order valence-electron chi connectivity index (χ2n) is 5.62. The van der Waals surface area contributed by atoms with E-state index in [-0.39, 0.29) is 5.54 Å². The monoisotopic (exact) mass is 279 g/mol. The highest BCUT2D eigenvalue weighted by atomic mass is 32.2. The first-order chi connectivity index (χ1) is 8.15. The van der Waals surface area contributed by atoms with Crippen LogP contribution in [0.25, 0.3) is 0 Å². The summed E-state index contributed by atoms with van der Waals surface area (Å²) >= 11 is 0. The average molecular weight is 279 g/mol. The van der Waals surface area contributed by atoms with Crippen LogP contribution < -0.4 is 0 Å². The molecule has 1 atom stereocenters. The number of sulfonamides is 1. The lowest BCUT2D eigenvalue weighted by Gasteiger charge is -2.37. The quantitative estimate of drug-likeness (QED) is 0.609. The smallest absolute Gasteiger partial charge is 0.211 e. The van der Waals surface area contributed by atoms with Crippen molar-refractivity contribution < 1.29 is 13.2 Å². The third-order valence-electron chi connectivity index (χ3n) is 2.96. The molecule has 0 N–H and O–H groups in total. The van der Waals surface area contributed by atoms with Gasteiger partial charge in [0.2, 0.25) is 10.0 Å². The van der Waals surface area contributed by atoms with Gasteiger partial charge in [0.05, 0.1) is 6.26 Å². The highest BCUT2D eigenvalue weighted by molar-refractivity contribution is 7.88. The standard InChI is InChI=1S/C13H29NO3S/c1-7-9-17-11-12(3)10-13(4,5)14(8-2)18(6,15)16/h12H,7-11H2,1-6H3. The predicted octanol–water partition coefficient (Wildman–Crippen LogP) is 2.50. The molecular formula is C13H29NO3S. The van der Waals surface area contributed by atoms with Crippen molar-refractivity contribution >= 4 is 10.0 Å². The van der Waals surface area contributed by atoms with Crippen molar-refractivity contribution in [2.24, 2.45) is 5.92 Å². The SMILES string of the molecule is CCCOCC(C)CC(C)(C)N(CC)S(C)(=O)=O. The second-order valence-corrected chi connectivity index (χ2v) is 7.53. The van der Waals surface area contributed by atoms with Crippen LogP contribution in [0, 0.1) is 5.92 Å². The normalized spacial score (nSPS) is 15.1. The molecule has 0 rings (SSSR count). The van der Waals surface area contributed by atoms with Crippen LogP contribution in [0.15, 0.2) is 0 Å². The first kappa shape index (κ1) is 17.9. The van der Waals surface area contributed by atoms with Crippen LogP contribution in [0.2, 0.25) is 0 Å². The van der Waals surface area contributed by atoms with Gasteiger partial charge in [-0.05, 0) is 32.6 Å². The molecule has 0 amide bonds. The molecule has 0 aliphatic carbocycles. The Morgan fingerprint density at radius 3 is 2.22 bits per heavy atom. The van der Waals surface area contributed by atoms with Crippen LogP contribution in [0.1, 0.15) is 47.5 Å². The molecule has 0 saturated carbocycles. The van der Waals surface area contributed by atoms with Gasteiger partial charge >= 0.3 is 0 Å². The van der Waals surface area contributed by atoms with Crippen molar-refractivity contribution in [2.75, 3.05) is 26.0 Å². The van der Waals surface area contributed by atoms with Gasteiger partial charge in [-0.15, -0.1) is 0 Å². The molecule has 5 heteroatoms. The van der Waals surface area contributed by atoms with Gasteiger partial charge in [-0.1, -0.05) is 20.8 Å². The lowest BCUT2D eigenvalue weighted by Crippen LogP contribution is -2.48. The van der Waals surface area contributed by atoms with Crippen molar-refractivity contribution in [3.05, 3.63) is 0 Å². The lowest BCUT2D eigenvalue weighted by atomic mass is 9.92. The zero-order chi connectivity index (χ0) is 14.4. The fourth-order valence-corrected chi connectivity index (χ4v) is 4.00. The third-order valence-corrected chi connectivity index (χ3v) is 4.51. The van der Waals surface area contributed by atoms with Crippen molar-refractivity contribution in [3.8, 4) is 0 Å². The Hall–Kier alpha value is -0.130. The summed E-state index contributed by atoms with van der Waals surface area (Å²) in [5, 5.41) is 0. The Balaban J connectivity index is 4.53. The molecule has 0 aromatic rings. The van der Waals surface area contributed by atoms with Crippen LogP contribution in [-0.2, 0) is 14.8 Å². The summed E-state index contributed by atoms with van der Waals surface area (Å²) in [6.07, 6.45) is 3.09. The molecule has 0 bridgehead atoms. The Kier molecular flexibility index (Phi) is 7.40. The molecule has 0 heterocycles. The van der Waals surface area contributed by atoms with E-state index in [9.17, 15) is 8.42 Å². The summed E-state index contributed by atoms with van der Waals surface area (Å²) in [6, 6.07) is 0.